The molecule has 2 aliphatic rings. The average molecular weight is 383 g/mol. The van der Waals surface area contributed by atoms with Crippen LogP contribution in [-0.2, 0) is 4.79 Å². The average Bonchev–Trinajstić information content (AvgIpc) is 3.21. The summed E-state index contributed by atoms with van der Waals surface area (Å²) in [6.07, 6.45) is 6.26. The van der Waals surface area contributed by atoms with Crippen LogP contribution < -0.4 is 10.2 Å². The van der Waals surface area contributed by atoms with Crippen LogP contribution in [0.5, 0.6) is 5.75 Å². The lowest BCUT2D eigenvalue weighted by molar-refractivity contribution is -0.121. The molecular weight excluding hydrogens is 359 g/mol. The van der Waals surface area contributed by atoms with E-state index in [2.05, 4.69) is 10.5 Å². The minimum Gasteiger partial charge on any atom is -0.492 e. The highest BCUT2D eigenvalue weighted by Gasteiger charge is 2.40. The van der Waals surface area contributed by atoms with Gasteiger partial charge in [0, 0.05) is 23.1 Å². The molecule has 0 heterocycles. The molecule has 4 nitrogen and oxygen atoms in total. The van der Waals surface area contributed by atoms with Gasteiger partial charge in [0.05, 0.1) is 11.6 Å². The van der Waals surface area contributed by atoms with Crippen LogP contribution in [0.25, 0.3) is 0 Å². The normalized spacial score (nSPS) is 25.2. The van der Waals surface area contributed by atoms with Crippen LogP contribution in [0.1, 0.15) is 45.4 Å². The van der Waals surface area contributed by atoms with Crippen molar-refractivity contribution in [2.75, 3.05) is 6.61 Å². The van der Waals surface area contributed by atoms with Crippen molar-refractivity contribution < 1.29 is 9.53 Å². The van der Waals surface area contributed by atoms with E-state index in [1.54, 1.807) is 18.2 Å². The van der Waals surface area contributed by atoms with Crippen LogP contribution in [-0.4, -0.2) is 18.2 Å². The number of carbonyl (C=O) groups is 1. The number of hydrogen-bond acceptors (Lipinski definition) is 3. The minimum absolute atomic E-state index is 0.0756. The van der Waals surface area contributed by atoms with Gasteiger partial charge >= 0.3 is 0 Å². The molecule has 3 rings (SSSR count). The summed E-state index contributed by atoms with van der Waals surface area (Å²) in [5.41, 5.74) is 3.76. The third kappa shape index (κ3) is 4.89. The van der Waals surface area contributed by atoms with Crippen molar-refractivity contribution in [2.24, 2.45) is 22.9 Å². The Balaban J connectivity index is 1.36. The lowest BCUT2D eigenvalue weighted by Crippen LogP contribution is -2.24. The summed E-state index contributed by atoms with van der Waals surface area (Å²) in [5, 5.41) is 5.37. The predicted molar refractivity (Wildman–Crippen MR) is 101 cm³/mol. The second-order valence-electron chi connectivity index (χ2n) is 7.10. The van der Waals surface area contributed by atoms with Gasteiger partial charge in [-0.25, -0.2) is 5.43 Å². The standard InChI is InChI=1S/C19H24Cl2N2O2/c1-12(16-10-13-4-5-14(16)9-13)22-23-19(24)3-2-8-25-18-7-6-15(20)11-17(18)21/h6-7,11,13-14,16H,2-5,8-10H2,1H3,(H,23,24)/b22-12-/t13-,14-,16-/m1/s1. The van der Waals surface area contributed by atoms with Crippen molar-refractivity contribution >= 4 is 34.8 Å². The number of ether oxygens (including phenoxy) is 1. The molecule has 0 radical (unpaired) electrons. The molecule has 0 aromatic heterocycles. The number of nitrogens with one attached hydrogen (secondary N) is 1. The maximum Gasteiger partial charge on any atom is 0.240 e. The van der Waals surface area contributed by atoms with Crippen LogP contribution in [0, 0.1) is 17.8 Å². The molecule has 2 fully saturated rings. The van der Waals surface area contributed by atoms with E-state index in [4.69, 9.17) is 27.9 Å². The van der Waals surface area contributed by atoms with Gasteiger partial charge in [0.25, 0.3) is 0 Å². The fourth-order valence-electron chi connectivity index (χ4n) is 4.05. The summed E-state index contributed by atoms with van der Waals surface area (Å²) < 4.78 is 5.58. The molecule has 25 heavy (non-hydrogen) atoms. The maximum atomic E-state index is 11.9. The molecule has 136 valence electrons. The zero-order valence-corrected chi connectivity index (χ0v) is 15.9. The van der Waals surface area contributed by atoms with Crippen LogP contribution in [0.4, 0.5) is 0 Å². The van der Waals surface area contributed by atoms with Gasteiger partial charge in [0.15, 0.2) is 0 Å². The molecule has 0 unspecified atom stereocenters. The first-order chi connectivity index (χ1) is 12.0. The minimum atomic E-state index is -0.0756. The van der Waals surface area contributed by atoms with E-state index in [0.29, 0.717) is 41.2 Å². The molecule has 1 aromatic carbocycles. The molecule has 6 heteroatoms. The Hall–Kier alpha value is -1.26. The van der Waals surface area contributed by atoms with Crippen LogP contribution in [0.15, 0.2) is 23.3 Å². The fraction of sp³-hybridized carbons (Fsp3) is 0.579. The quantitative estimate of drug-likeness (QED) is 0.406. The number of nitrogens with zero attached hydrogens (tertiary/aromatic N) is 1. The van der Waals surface area contributed by atoms with Crippen molar-refractivity contribution in [2.45, 2.75) is 45.4 Å². The van der Waals surface area contributed by atoms with Gasteiger partial charge in [0.1, 0.15) is 5.75 Å². The molecule has 1 aromatic rings. The van der Waals surface area contributed by atoms with Crippen LogP contribution in [0.2, 0.25) is 10.0 Å². The highest BCUT2D eigenvalue weighted by Crippen LogP contribution is 2.48. The molecule has 2 saturated carbocycles. The summed E-state index contributed by atoms with van der Waals surface area (Å²) in [4.78, 5) is 11.9. The summed E-state index contributed by atoms with van der Waals surface area (Å²) >= 11 is 11.9. The topological polar surface area (TPSA) is 50.7 Å². The molecule has 1 amide bonds. The summed E-state index contributed by atoms with van der Waals surface area (Å²) in [6.45, 7) is 2.46. The zero-order chi connectivity index (χ0) is 17.8. The number of hydrazone groups is 1. The van der Waals surface area contributed by atoms with Gasteiger partial charge in [0.2, 0.25) is 5.91 Å². The first-order valence-corrected chi connectivity index (χ1v) is 9.69. The van der Waals surface area contributed by atoms with Gasteiger partial charge in [-0.3, -0.25) is 4.79 Å². The lowest BCUT2D eigenvalue weighted by atomic mass is 9.86. The third-order valence-corrected chi connectivity index (χ3v) is 5.86. The van der Waals surface area contributed by atoms with E-state index in [1.165, 1.54) is 25.7 Å². The Morgan fingerprint density at radius 1 is 1.32 bits per heavy atom. The number of benzene rings is 1. The highest BCUT2D eigenvalue weighted by atomic mass is 35.5. The van der Waals surface area contributed by atoms with Gasteiger partial charge in [-0.2, -0.15) is 5.10 Å². The van der Waals surface area contributed by atoms with E-state index in [9.17, 15) is 4.79 Å². The molecule has 0 saturated heterocycles. The van der Waals surface area contributed by atoms with E-state index < -0.39 is 0 Å². The Morgan fingerprint density at radius 2 is 2.16 bits per heavy atom. The number of fused-ring (bicyclic) bond motifs is 2. The highest BCUT2D eigenvalue weighted by molar-refractivity contribution is 6.35. The molecule has 2 bridgehead atoms. The van der Waals surface area contributed by atoms with Crippen molar-refractivity contribution in [1.29, 1.82) is 0 Å². The molecule has 0 aliphatic heterocycles. The molecule has 2 aliphatic carbocycles. The molecule has 3 atom stereocenters. The Morgan fingerprint density at radius 3 is 2.84 bits per heavy atom. The smallest absolute Gasteiger partial charge is 0.240 e. The second kappa shape index (κ2) is 8.41. The van der Waals surface area contributed by atoms with Gasteiger partial charge in [-0.05, 0) is 62.6 Å². The Kier molecular flexibility index (Phi) is 6.24. The summed E-state index contributed by atoms with van der Waals surface area (Å²) in [7, 11) is 0. The van der Waals surface area contributed by atoms with Crippen LogP contribution >= 0.6 is 23.2 Å². The van der Waals surface area contributed by atoms with Gasteiger partial charge < -0.3 is 4.74 Å². The number of rotatable bonds is 7. The fourth-order valence-corrected chi connectivity index (χ4v) is 4.52. The summed E-state index contributed by atoms with van der Waals surface area (Å²) in [5.74, 6) is 2.73. The third-order valence-electron chi connectivity index (χ3n) is 5.33. The van der Waals surface area contributed by atoms with E-state index in [1.807, 2.05) is 6.92 Å². The van der Waals surface area contributed by atoms with Crippen molar-refractivity contribution in [3.8, 4) is 5.75 Å². The SMILES string of the molecule is C/C(=N/NC(=O)CCCOc1ccc(Cl)cc1Cl)[C@H]1C[C@@H]2CC[C@@H]1C2. The van der Waals surface area contributed by atoms with Crippen molar-refractivity contribution in [3.63, 3.8) is 0 Å². The van der Waals surface area contributed by atoms with Crippen molar-refractivity contribution in [3.05, 3.63) is 28.2 Å². The largest absolute Gasteiger partial charge is 0.492 e. The molecular formula is C19H24Cl2N2O2. The predicted octanol–water partition coefficient (Wildman–Crippen LogP) is 5.08. The van der Waals surface area contributed by atoms with Crippen molar-refractivity contribution in [1.82, 2.24) is 5.43 Å². The maximum absolute atomic E-state index is 11.9. The number of carbonyl (C=O) groups excluding carboxylic acids is 1. The molecule has 0 spiro atoms. The zero-order valence-electron chi connectivity index (χ0n) is 14.4. The second-order valence-corrected chi connectivity index (χ2v) is 7.94. The Labute approximate surface area is 158 Å². The summed E-state index contributed by atoms with van der Waals surface area (Å²) in [6, 6.07) is 5.09. The Bertz CT molecular complexity index is 663. The van der Waals surface area contributed by atoms with Gasteiger partial charge in [-0.15, -0.1) is 0 Å². The van der Waals surface area contributed by atoms with Gasteiger partial charge in [-0.1, -0.05) is 29.6 Å². The van der Waals surface area contributed by atoms with E-state index >= 15 is 0 Å². The first kappa shape index (κ1) is 18.5. The number of halogens is 2. The monoisotopic (exact) mass is 382 g/mol. The lowest BCUT2D eigenvalue weighted by Gasteiger charge is -2.21. The number of hydrogen-bond donors (Lipinski definition) is 1. The molecule has 1 N–H and O–H groups in total. The van der Waals surface area contributed by atoms with Crippen LogP contribution in [0.3, 0.4) is 0 Å². The number of amides is 1. The van der Waals surface area contributed by atoms with E-state index in [0.717, 1.165) is 17.5 Å². The first-order valence-electron chi connectivity index (χ1n) is 8.94. The van der Waals surface area contributed by atoms with E-state index in [-0.39, 0.29) is 5.91 Å².